The molecule has 0 fully saturated rings. The molecule has 0 saturated heterocycles. The fourth-order valence-corrected chi connectivity index (χ4v) is 1.69. The van der Waals surface area contributed by atoms with E-state index in [0.29, 0.717) is 6.54 Å². The zero-order valence-electron chi connectivity index (χ0n) is 8.78. The van der Waals surface area contributed by atoms with Gasteiger partial charge in [-0.25, -0.2) is 0 Å². The highest BCUT2D eigenvalue weighted by molar-refractivity contribution is 9.10. The molecule has 0 unspecified atom stereocenters. The molecule has 2 nitrogen and oxygen atoms in total. The van der Waals surface area contributed by atoms with Crippen LogP contribution in [-0.2, 0) is 6.54 Å². The summed E-state index contributed by atoms with van der Waals surface area (Å²) in [5.74, 6) is 0. The lowest BCUT2D eigenvalue weighted by Gasteiger charge is -2.07. The fraction of sp³-hybridized carbons (Fsp3) is 0.0769. The van der Waals surface area contributed by atoms with Gasteiger partial charge in [0.25, 0.3) is 0 Å². The third kappa shape index (κ3) is 2.84. The lowest BCUT2D eigenvalue weighted by atomic mass is 10.2. The van der Waals surface area contributed by atoms with Crippen molar-refractivity contribution < 1.29 is 0 Å². The molecule has 16 heavy (non-hydrogen) atoms. The Kier molecular flexibility index (Phi) is 3.59. The summed E-state index contributed by atoms with van der Waals surface area (Å²) in [4.78, 5) is 0. The van der Waals surface area contributed by atoms with Crippen LogP contribution in [0.25, 0.3) is 0 Å². The first-order chi connectivity index (χ1) is 7.78. The Morgan fingerprint density at radius 3 is 1.88 bits per heavy atom. The molecular formula is C13H13BrN2. The summed E-state index contributed by atoms with van der Waals surface area (Å²) >= 11 is 3.41. The van der Waals surface area contributed by atoms with Gasteiger partial charge >= 0.3 is 0 Å². The van der Waals surface area contributed by atoms with Crippen molar-refractivity contribution in [2.45, 2.75) is 6.54 Å². The van der Waals surface area contributed by atoms with Crippen LogP contribution in [0.4, 0.5) is 11.4 Å². The average Bonchev–Trinajstić information content (AvgIpc) is 2.33. The Hall–Kier alpha value is -1.32. The lowest BCUT2D eigenvalue weighted by molar-refractivity contribution is 1.07. The Morgan fingerprint density at radius 1 is 0.875 bits per heavy atom. The number of rotatable bonds is 3. The van der Waals surface area contributed by atoms with E-state index in [-0.39, 0.29) is 0 Å². The summed E-state index contributed by atoms with van der Waals surface area (Å²) in [6.07, 6.45) is 0. The smallest absolute Gasteiger partial charge is 0.0384 e. The third-order valence-electron chi connectivity index (χ3n) is 2.32. The third-order valence-corrected chi connectivity index (χ3v) is 2.85. The van der Waals surface area contributed by atoms with Gasteiger partial charge in [-0.05, 0) is 42.0 Å². The van der Waals surface area contributed by atoms with E-state index in [1.165, 1.54) is 0 Å². The van der Waals surface area contributed by atoms with E-state index in [1.807, 2.05) is 48.5 Å². The van der Waals surface area contributed by atoms with Crippen LogP contribution in [0, 0.1) is 0 Å². The quantitative estimate of drug-likeness (QED) is 0.898. The van der Waals surface area contributed by atoms with Crippen molar-refractivity contribution in [3.63, 3.8) is 0 Å². The molecule has 0 aliphatic carbocycles. The molecular weight excluding hydrogens is 264 g/mol. The van der Waals surface area contributed by atoms with E-state index in [2.05, 4.69) is 21.2 Å². The van der Waals surface area contributed by atoms with Crippen molar-refractivity contribution in [3.05, 3.63) is 58.6 Å². The van der Waals surface area contributed by atoms with E-state index < -0.39 is 0 Å². The number of nitrogens with two attached hydrogens (primary N) is 1. The summed E-state index contributed by atoms with van der Waals surface area (Å²) in [5, 5.41) is 3.32. The molecule has 3 heteroatoms. The summed E-state index contributed by atoms with van der Waals surface area (Å²) in [7, 11) is 0. The van der Waals surface area contributed by atoms with Crippen LogP contribution in [0.5, 0.6) is 0 Å². The molecule has 0 spiro atoms. The van der Waals surface area contributed by atoms with Crippen LogP contribution >= 0.6 is 15.9 Å². The Balaban J connectivity index is 2.11. The van der Waals surface area contributed by atoms with Gasteiger partial charge in [0.2, 0.25) is 0 Å². The van der Waals surface area contributed by atoms with E-state index >= 15 is 0 Å². The zero-order chi connectivity index (χ0) is 11.4. The predicted molar refractivity (Wildman–Crippen MR) is 71.8 cm³/mol. The molecule has 0 bridgehead atoms. The van der Waals surface area contributed by atoms with Gasteiger partial charge in [0, 0.05) is 22.4 Å². The Morgan fingerprint density at radius 2 is 1.38 bits per heavy atom. The minimum atomic E-state index is 0.582. The molecule has 0 saturated carbocycles. The van der Waals surface area contributed by atoms with Crippen molar-refractivity contribution in [3.8, 4) is 0 Å². The number of halogens is 1. The maximum Gasteiger partial charge on any atom is 0.0384 e. The van der Waals surface area contributed by atoms with Crippen molar-refractivity contribution in [1.82, 2.24) is 0 Å². The van der Waals surface area contributed by atoms with Gasteiger partial charge in [-0.3, -0.25) is 0 Å². The van der Waals surface area contributed by atoms with E-state index in [1.54, 1.807) is 0 Å². The van der Waals surface area contributed by atoms with Crippen LogP contribution in [0.2, 0.25) is 0 Å². The van der Waals surface area contributed by atoms with E-state index in [4.69, 9.17) is 5.73 Å². The van der Waals surface area contributed by atoms with Crippen LogP contribution in [0.15, 0.2) is 53.0 Å². The van der Waals surface area contributed by atoms with E-state index in [9.17, 15) is 0 Å². The predicted octanol–water partition coefficient (Wildman–Crippen LogP) is 3.65. The normalized spacial score (nSPS) is 10.1. The van der Waals surface area contributed by atoms with Crippen LogP contribution in [0.3, 0.4) is 0 Å². The molecule has 2 rings (SSSR count). The highest BCUT2D eigenvalue weighted by Crippen LogP contribution is 2.19. The number of anilines is 2. The first-order valence-electron chi connectivity index (χ1n) is 5.09. The highest BCUT2D eigenvalue weighted by Gasteiger charge is 1.95. The van der Waals surface area contributed by atoms with Gasteiger partial charge in [-0.2, -0.15) is 0 Å². The molecule has 0 aromatic heterocycles. The number of hydrogen-bond donors (Lipinski definition) is 2. The fourth-order valence-electron chi connectivity index (χ4n) is 1.42. The largest absolute Gasteiger partial charge is 0.356 e. The molecule has 0 atom stereocenters. The number of benzene rings is 2. The zero-order valence-corrected chi connectivity index (χ0v) is 10.4. The summed E-state index contributed by atoms with van der Waals surface area (Å²) in [5.41, 5.74) is 8.83. The maximum absolute atomic E-state index is 5.54. The molecule has 0 aliphatic heterocycles. The van der Waals surface area contributed by atoms with E-state index in [0.717, 1.165) is 21.4 Å². The second kappa shape index (κ2) is 5.14. The number of hydrogen-bond acceptors (Lipinski definition) is 2. The van der Waals surface area contributed by atoms with Gasteiger partial charge in [-0.15, -0.1) is 0 Å². The second-order valence-electron chi connectivity index (χ2n) is 3.53. The highest BCUT2D eigenvalue weighted by atomic mass is 79.9. The van der Waals surface area contributed by atoms with Crippen molar-refractivity contribution in [1.29, 1.82) is 0 Å². The van der Waals surface area contributed by atoms with Crippen molar-refractivity contribution in [2.24, 2.45) is 5.73 Å². The monoisotopic (exact) mass is 276 g/mol. The van der Waals surface area contributed by atoms with Gasteiger partial charge < -0.3 is 11.1 Å². The first kappa shape index (κ1) is 11.2. The molecule has 2 aromatic rings. The lowest BCUT2D eigenvalue weighted by Crippen LogP contribution is -1.96. The van der Waals surface area contributed by atoms with Gasteiger partial charge in [0.15, 0.2) is 0 Å². The van der Waals surface area contributed by atoms with Crippen LogP contribution in [-0.4, -0.2) is 0 Å². The Bertz CT molecular complexity index is 448. The molecule has 3 N–H and O–H groups in total. The minimum absolute atomic E-state index is 0.582. The second-order valence-corrected chi connectivity index (χ2v) is 4.45. The molecule has 0 amide bonds. The van der Waals surface area contributed by atoms with Crippen LogP contribution in [0.1, 0.15) is 5.56 Å². The molecule has 0 heterocycles. The standard InChI is InChI=1S/C13H13BrN2/c14-11-3-7-13(8-4-11)16-12-5-1-10(9-15)2-6-12/h1-8,16H,9,15H2. The maximum atomic E-state index is 5.54. The SMILES string of the molecule is NCc1ccc(Nc2ccc(Br)cc2)cc1. The molecule has 82 valence electrons. The molecule has 0 aliphatic rings. The van der Waals surface area contributed by atoms with Crippen molar-refractivity contribution in [2.75, 3.05) is 5.32 Å². The topological polar surface area (TPSA) is 38.0 Å². The van der Waals surface area contributed by atoms with Gasteiger partial charge in [-0.1, -0.05) is 28.1 Å². The summed E-state index contributed by atoms with van der Waals surface area (Å²) in [6.45, 7) is 0.582. The first-order valence-corrected chi connectivity index (χ1v) is 5.89. The average molecular weight is 277 g/mol. The molecule has 2 aromatic carbocycles. The van der Waals surface area contributed by atoms with Crippen molar-refractivity contribution >= 4 is 27.3 Å². The Labute approximate surface area is 104 Å². The van der Waals surface area contributed by atoms with Gasteiger partial charge in [0.05, 0.1) is 0 Å². The molecule has 0 radical (unpaired) electrons. The summed E-state index contributed by atoms with van der Waals surface area (Å²) in [6, 6.07) is 16.2. The van der Waals surface area contributed by atoms with Crippen LogP contribution < -0.4 is 11.1 Å². The number of nitrogens with one attached hydrogen (secondary N) is 1. The summed E-state index contributed by atoms with van der Waals surface area (Å²) < 4.78 is 1.08. The minimum Gasteiger partial charge on any atom is -0.356 e. The van der Waals surface area contributed by atoms with Gasteiger partial charge in [0.1, 0.15) is 0 Å².